The van der Waals surface area contributed by atoms with Crippen LogP contribution in [0, 0.1) is 15.5 Å². The number of carbonyl (C=O) groups excluding carboxylic acids is 2. The zero-order chi connectivity index (χ0) is 27.0. The van der Waals surface area contributed by atoms with Gasteiger partial charge in [-0.2, -0.15) is 0 Å². The van der Waals surface area contributed by atoms with Gasteiger partial charge in [-0.3, -0.25) is 24.6 Å². The maximum Gasteiger partial charge on any atom is 0.269 e. The molecule has 2 aliphatic heterocycles. The average molecular weight is 531 g/mol. The third-order valence-electron chi connectivity index (χ3n) is 7.10. The summed E-state index contributed by atoms with van der Waals surface area (Å²) in [6, 6.07) is 32.5. The second-order valence-electron chi connectivity index (χ2n) is 9.31. The van der Waals surface area contributed by atoms with Crippen molar-refractivity contribution in [3.63, 3.8) is 0 Å². The molecule has 0 aromatic heterocycles. The first-order valence-electron chi connectivity index (χ1n) is 12.4. The molecule has 1 atom stereocenters. The molecular formula is C32H22N2O4S. The van der Waals surface area contributed by atoms with Crippen molar-refractivity contribution in [2.24, 2.45) is 5.41 Å². The van der Waals surface area contributed by atoms with E-state index in [2.05, 4.69) is 0 Å². The quantitative estimate of drug-likeness (QED) is 0.0849. The van der Waals surface area contributed by atoms with Crippen LogP contribution in [0.1, 0.15) is 27.0 Å². The molecule has 1 amide bonds. The number of thioether (sulfide) groups is 1. The van der Waals surface area contributed by atoms with E-state index >= 15 is 0 Å². The van der Waals surface area contributed by atoms with Gasteiger partial charge in [-0.05, 0) is 41.5 Å². The Hall–Kier alpha value is -4.75. The maximum atomic E-state index is 14.6. The van der Waals surface area contributed by atoms with E-state index in [-0.39, 0.29) is 22.9 Å². The van der Waals surface area contributed by atoms with Crippen LogP contribution in [0.15, 0.2) is 120 Å². The van der Waals surface area contributed by atoms with Gasteiger partial charge in [-0.15, -0.1) is 11.8 Å². The fourth-order valence-electron chi connectivity index (χ4n) is 5.24. The monoisotopic (exact) mass is 530 g/mol. The molecule has 6 nitrogen and oxygen atoms in total. The third-order valence-corrected chi connectivity index (χ3v) is 8.28. The van der Waals surface area contributed by atoms with Crippen molar-refractivity contribution in [2.45, 2.75) is 4.90 Å². The number of nitro groups is 1. The molecule has 2 heterocycles. The summed E-state index contributed by atoms with van der Waals surface area (Å²) in [5.41, 5.74) is 2.48. The third kappa shape index (κ3) is 4.08. The van der Waals surface area contributed by atoms with Crippen molar-refractivity contribution in [2.75, 3.05) is 5.75 Å². The van der Waals surface area contributed by atoms with Crippen molar-refractivity contribution in [3.05, 3.63) is 148 Å². The molecule has 0 bridgehead atoms. The van der Waals surface area contributed by atoms with E-state index in [0.29, 0.717) is 11.3 Å². The topological polar surface area (TPSA) is 80.5 Å². The molecule has 0 aliphatic carbocycles. The Morgan fingerprint density at radius 2 is 1.49 bits per heavy atom. The number of carbonyl (C=O) groups is 2. The molecule has 6 rings (SSSR count). The number of benzene rings is 4. The van der Waals surface area contributed by atoms with Crippen LogP contribution in [0.5, 0.6) is 0 Å². The minimum atomic E-state index is -1.57. The summed E-state index contributed by atoms with van der Waals surface area (Å²) in [5.74, 6) is -0.572. The first-order valence-corrected chi connectivity index (χ1v) is 13.4. The van der Waals surface area contributed by atoms with Gasteiger partial charge in [0.05, 0.1) is 10.6 Å². The molecule has 1 unspecified atom stereocenters. The first-order chi connectivity index (χ1) is 19.0. The Balaban J connectivity index is 1.61. The predicted octanol–water partition coefficient (Wildman–Crippen LogP) is 6.95. The Kier molecular flexibility index (Phi) is 6.21. The van der Waals surface area contributed by atoms with Gasteiger partial charge in [0.1, 0.15) is 5.41 Å². The molecule has 2 aliphatic rings. The van der Waals surface area contributed by atoms with E-state index in [0.717, 1.165) is 21.6 Å². The van der Waals surface area contributed by atoms with Crippen molar-refractivity contribution in [1.82, 2.24) is 4.90 Å². The van der Waals surface area contributed by atoms with E-state index in [1.807, 2.05) is 91.0 Å². The molecule has 39 heavy (non-hydrogen) atoms. The molecule has 0 fully saturated rings. The number of rotatable bonds is 7. The van der Waals surface area contributed by atoms with E-state index in [9.17, 15) is 19.7 Å². The first kappa shape index (κ1) is 24.6. The highest BCUT2D eigenvalue weighted by molar-refractivity contribution is 7.99. The molecule has 0 spiro atoms. The van der Waals surface area contributed by atoms with Crippen molar-refractivity contribution < 1.29 is 14.5 Å². The SMILES string of the molecule is O=C(c1ccc([N+](=O)[O-])cc1)C1(CSc2ccccc2)C(=O)N2C=Cc3ccccc3C2=C1c1ccccc1. The lowest BCUT2D eigenvalue weighted by Crippen LogP contribution is -2.44. The lowest BCUT2D eigenvalue weighted by atomic mass is 9.73. The van der Waals surface area contributed by atoms with Crippen LogP contribution in [0.4, 0.5) is 5.69 Å². The van der Waals surface area contributed by atoms with E-state index in [1.54, 1.807) is 11.1 Å². The second-order valence-corrected chi connectivity index (χ2v) is 10.4. The van der Waals surface area contributed by atoms with Crippen molar-refractivity contribution >= 4 is 46.5 Å². The zero-order valence-electron chi connectivity index (χ0n) is 20.7. The summed E-state index contributed by atoms with van der Waals surface area (Å²) in [7, 11) is 0. The van der Waals surface area contributed by atoms with Gasteiger partial charge in [-0.1, -0.05) is 72.8 Å². The van der Waals surface area contributed by atoms with Crippen LogP contribution in [0.2, 0.25) is 0 Å². The normalized spacial score (nSPS) is 17.6. The lowest BCUT2D eigenvalue weighted by molar-refractivity contribution is -0.384. The average Bonchev–Trinajstić information content (AvgIpc) is 3.25. The highest BCUT2D eigenvalue weighted by Gasteiger charge is 2.58. The molecule has 0 saturated heterocycles. The van der Waals surface area contributed by atoms with Crippen LogP contribution >= 0.6 is 11.8 Å². The van der Waals surface area contributed by atoms with Crippen LogP contribution < -0.4 is 0 Å². The molecule has 0 saturated carbocycles. The standard InChI is InChI=1S/C32H22N2O4S/c35-30(24-15-17-25(18-16-24)34(37)38)32(21-39-26-12-5-2-6-13-26)28(23-10-3-1-4-11-23)29-27-14-8-7-9-22(27)19-20-33(29)31(32)36/h1-20H,21H2. The summed E-state index contributed by atoms with van der Waals surface area (Å²) in [5, 5.41) is 11.3. The highest BCUT2D eigenvalue weighted by Crippen LogP contribution is 2.55. The maximum absolute atomic E-state index is 14.6. The van der Waals surface area contributed by atoms with Gasteiger partial charge in [0, 0.05) is 45.7 Å². The summed E-state index contributed by atoms with van der Waals surface area (Å²) in [6.07, 6.45) is 3.62. The van der Waals surface area contributed by atoms with Gasteiger partial charge >= 0.3 is 0 Å². The number of nitrogens with zero attached hydrogens (tertiary/aromatic N) is 2. The molecule has 7 heteroatoms. The van der Waals surface area contributed by atoms with Gasteiger partial charge in [0.25, 0.3) is 11.6 Å². The molecule has 4 aromatic rings. The molecular weight excluding hydrogens is 508 g/mol. The van der Waals surface area contributed by atoms with E-state index in [1.165, 1.54) is 36.0 Å². The number of nitro benzene ring substituents is 1. The van der Waals surface area contributed by atoms with Gasteiger partial charge < -0.3 is 0 Å². The van der Waals surface area contributed by atoms with E-state index < -0.39 is 16.1 Å². The Morgan fingerprint density at radius 3 is 2.18 bits per heavy atom. The van der Waals surface area contributed by atoms with Crippen LogP contribution in [0.25, 0.3) is 17.3 Å². The van der Waals surface area contributed by atoms with Crippen LogP contribution in [-0.4, -0.2) is 27.3 Å². The summed E-state index contributed by atoms with van der Waals surface area (Å²) in [4.78, 5) is 42.5. The minimum Gasteiger partial charge on any atom is -0.293 e. The minimum absolute atomic E-state index is 0.118. The number of ketones is 1. The highest BCUT2D eigenvalue weighted by atomic mass is 32.2. The second kappa shape index (κ2) is 9.85. The Bertz CT molecular complexity index is 1660. The Labute approximate surface area is 229 Å². The summed E-state index contributed by atoms with van der Waals surface area (Å²) >= 11 is 1.44. The number of fused-ring (bicyclic) bond motifs is 3. The number of amides is 1. The lowest BCUT2D eigenvalue weighted by Gasteiger charge is -2.29. The molecule has 0 N–H and O–H groups in total. The summed E-state index contributed by atoms with van der Waals surface area (Å²) < 4.78 is 0. The van der Waals surface area contributed by atoms with Crippen LogP contribution in [0.3, 0.4) is 0 Å². The summed E-state index contributed by atoms with van der Waals surface area (Å²) in [6.45, 7) is 0. The Morgan fingerprint density at radius 1 is 0.846 bits per heavy atom. The molecule has 190 valence electrons. The van der Waals surface area contributed by atoms with E-state index in [4.69, 9.17) is 0 Å². The number of hydrogen-bond donors (Lipinski definition) is 0. The van der Waals surface area contributed by atoms with Crippen LogP contribution in [-0.2, 0) is 4.79 Å². The van der Waals surface area contributed by atoms with Crippen molar-refractivity contribution in [1.29, 1.82) is 0 Å². The molecule has 4 aromatic carbocycles. The molecule has 0 radical (unpaired) electrons. The largest absolute Gasteiger partial charge is 0.293 e. The fraction of sp³-hybridized carbons (Fsp3) is 0.0625. The van der Waals surface area contributed by atoms with Gasteiger partial charge in [-0.25, -0.2) is 0 Å². The predicted molar refractivity (Wildman–Crippen MR) is 153 cm³/mol. The fourth-order valence-corrected chi connectivity index (χ4v) is 6.38. The smallest absolute Gasteiger partial charge is 0.269 e. The zero-order valence-corrected chi connectivity index (χ0v) is 21.5. The number of hydrogen-bond acceptors (Lipinski definition) is 5. The van der Waals surface area contributed by atoms with Gasteiger partial charge in [0.15, 0.2) is 5.78 Å². The van der Waals surface area contributed by atoms with Crippen molar-refractivity contribution in [3.8, 4) is 0 Å². The number of Topliss-reactive ketones (excluding diaryl/α,β-unsaturated/α-hetero) is 1. The number of non-ortho nitro benzene ring substituents is 1. The van der Waals surface area contributed by atoms with Gasteiger partial charge in [0.2, 0.25) is 0 Å².